The van der Waals surface area contributed by atoms with Crippen molar-refractivity contribution in [2.24, 2.45) is 0 Å². The Morgan fingerprint density at radius 2 is 1.97 bits per heavy atom. The van der Waals surface area contributed by atoms with Gasteiger partial charge in [0.2, 0.25) is 5.82 Å². The van der Waals surface area contributed by atoms with Gasteiger partial charge in [-0.1, -0.05) is 24.3 Å². The van der Waals surface area contributed by atoms with Crippen LogP contribution in [0, 0.1) is 6.92 Å². The van der Waals surface area contributed by atoms with E-state index in [0.29, 0.717) is 4.52 Å². The van der Waals surface area contributed by atoms with Crippen molar-refractivity contribution in [2.75, 3.05) is 0 Å². The summed E-state index contributed by atoms with van der Waals surface area (Å²) in [7, 11) is 0. The van der Waals surface area contributed by atoms with Gasteiger partial charge in [-0.3, -0.25) is 4.79 Å². The minimum atomic E-state index is -4.73. The Balaban J connectivity index is 1.69. The number of carbonyl (C=O) groups is 1. The molecule has 10 heteroatoms. The van der Waals surface area contributed by atoms with E-state index < -0.39 is 23.6 Å². The van der Waals surface area contributed by atoms with Crippen LogP contribution < -0.4 is 5.32 Å². The minimum Gasteiger partial charge on any atom is -0.463 e. The van der Waals surface area contributed by atoms with Crippen molar-refractivity contribution >= 4 is 11.7 Å². The van der Waals surface area contributed by atoms with Crippen LogP contribution in [0.25, 0.3) is 17.2 Å². The lowest BCUT2D eigenvalue weighted by Gasteiger charge is -2.09. The monoisotopic (exact) mass is 401 g/mol. The lowest BCUT2D eigenvalue weighted by molar-refractivity contribution is -0.142. The molecule has 0 saturated heterocycles. The predicted molar refractivity (Wildman–Crippen MR) is 95.8 cm³/mol. The Bertz CT molecular complexity index is 1180. The summed E-state index contributed by atoms with van der Waals surface area (Å²) in [6, 6.07) is 11.2. The van der Waals surface area contributed by atoms with E-state index in [1.165, 1.54) is 18.4 Å². The maximum Gasteiger partial charge on any atom is 0.433 e. The van der Waals surface area contributed by atoms with E-state index in [0.717, 1.165) is 17.2 Å². The number of furan rings is 1. The molecule has 0 radical (unpaired) electrons. The fourth-order valence-electron chi connectivity index (χ4n) is 2.78. The van der Waals surface area contributed by atoms with E-state index in [9.17, 15) is 18.0 Å². The number of benzene rings is 1. The maximum absolute atomic E-state index is 13.5. The first-order chi connectivity index (χ1) is 13.8. The highest BCUT2D eigenvalue weighted by Crippen LogP contribution is 2.31. The summed E-state index contributed by atoms with van der Waals surface area (Å²) in [5.74, 6) is -1.32. The van der Waals surface area contributed by atoms with Crippen molar-refractivity contribution < 1.29 is 22.4 Å². The molecule has 0 aliphatic heterocycles. The summed E-state index contributed by atoms with van der Waals surface area (Å²) >= 11 is 0. The molecule has 0 unspecified atom stereocenters. The molecule has 4 aromatic rings. The first-order valence-corrected chi connectivity index (χ1v) is 8.54. The fourth-order valence-corrected chi connectivity index (χ4v) is 2.78. The Labute approximate surface area is 162 Å². The molecule has 0 aliphatic rings. The first kappa shape index (κ1) is 18.7. The van der Waals surface area contributed by atoms with Crippen LogP contribution >= 0.6 is 0 Å². The largest absolute Gasteiger partial charge is 0.463 e. The summed E-state index contributed by atoms with van der Waals surface area (Å²) in [6.45, 7) is 2.08. The zero-order valence-electron chi connectivity index (χ0n) is 15.1. The number of halogens is 3. The molecule has 148 valence electrons. The number of carbonyl (C=O) groups excluding carboxylic acids is 1. The van der Waals surface area contributed by atoms with Gasteiger partial charge in [0.15, 0.2) is 11.5 Å². The third-order valence-electron chi connectivity index (χ3n) is 4.28. The van der Waals surface area contributed by atoms with Gasteiger partial charge in [-0.2, -0.15) is 22.7 Å². The summed E-state index contributed by atoms with van der Waals surface area (Å²) in [6.07, 6.45) is -3.41. The van der Waals surface area contributed by atoms with Crippen LogP contribution in [0.2, 0.25) is 0 Å². The topological polar surface area (TPSA) is 85.3 Å². The van der Waals surface area contributed by atoms with E-state index in [-0.39, 0.29) is 23.8 Å². The Morgan fingerprint density at radius 3 is 2.66 bits per heavy atom. The molecule has 3 heterocycles. The Kier molecular flexibility index (Phi) is 4.53. The number of nitrogens with one attached hydrogen (secondary N) is 1. The second-order valence-corrected chi connectivity index (χ2v) is 6.26. The minimum absolute atomic E-state index is 0.0610. The van der Waals surface area contributed by atoms with Crippen molar-refractivity contribution in [3.63, 3.8) is 0 Å². The molecule has 0 fully saturated rings. The van der Waals surface area contributed by atoms with Crippen LogP contribution in [-0.4, -0.2) is 25.5 Å². The molecule has 0 atom stereocenters. The second-order valence-electron chi connectivity index (χ2n) is 6.26. The fraction of sp³-hybridized carbons (Fsp3) is 0.158. The third kappa shape index (κ3) is 3.68. The number of hydrogen-bond acceptors (Lipinski definition) is 5. The number of rotatable bonds is 4. The van der Waals surface area contributed by atoms with E-state index in [2.05, 4.69) is 20.4 Å². The molecule has 1 N–H and O–H groups in total. The molecule has 7 nitrogen and oxygen atoms in total. The summed E-state index contributed by atoms with van der Waals surface area (Å²) < 4.78 is 46.2. The van der Waals surface area contributed by atoms with E-state index in [1.54, 1.807) is 0 Å². The highest BCUT2D eigenvalue weighted by molar-refractivity contribution is 5.90. The highest BCUT2D eigenvalue weighted by atomic mass is 19.4. The van der Waals surface area contributed by atoms with Crippen molar-refractivity contribution in [2.45, 2.75) is 19.6 Å². The van der Waals surface area contributed by atoms with Gasteiger partial charge >= 0.3 is 6.18 Å². The summed E-state index contributed by atoms with van der Waals surface area (Å²) in [4.78, 5) is 20.3. The highest BCUT2D eigenvalue weighted by Gasteiger charge is 2.36. The van der Waals surface area contributed by atoms with Crippen LogP contribution in [0.15, 0.2) is 53.1 Å². The van der Waals surface area contributed by atoms with Crippen molar-refractivity contribution in [3.05, 3.63) is 71.4 Å². The van der Waals surface area contributed by atoms with Gasteiger partial charge in [-0.25, -0.2) is 4.98 Å². The van der Waals surface area contributed by atoms with Gasteiger partial charge in [0.05, 0.1) is 6.26 Å². The van der Waals surface area contributed by atoms with E-state index in [1.807, 2.05) is 31.2 Å². The summed E-state index contributed by atoms with van der Waals surface area (Å²) in [5, 5.41) is 6.33. The SMILES string of the molecule is Cc1ccccc1CNC(=O)c1nc2nc(-c3ccco3)cc(C(F)(F)F)n2n1. The maximum atomic E-state index is 13.5. The molecule has 1 amide bonds. The molecule has 3 aromatic heterocycles. The standard InChI is InChI=1S/C19H14F3N5O2/c1-11-5-2-3-6-12(11)10-23-17(28)16-25-18-24-13(14-7-4-8-29-14)9-15(19(20,21)22)27(18)26-16/h2-9H,10H2,1H3,(H,23,28). The van der Waals surface area contributed by atoms with Gasteiger partial charge in [0.1, 0.15) is 5.69 Å². The van der Waals surface area contributed by atoms with Crippen LogP contribution in [-0.2, 0) is 12.7 Å². The van der Waals surface area contributed by atoms with E-state index >= 15 is 0 Å². The molecule has 0 saturated carbocycles. The number of nitrogens with zero attached hydrogens (tertiary/aromatic N) is 4. The Hall–Kier alpha value is -3.69. The third-order valence-corrected chi connectivity index (χ3v) is 4.28. The lowest BCUT2D eigenvalue weighted by Crippen LogP contribution is -2.24. The zero-order valence-corrected chi connectivity index (χ0v) is 15.1. The van der Waals surface area contributed by atoms with Crippen molar-refractivity contribution in [1.29, 1.82) is 0 Å². The molecule has 29 heavy (non-hydrogen) atoms. The summed E-state index contributed by atoms with van der Waals surface area (Å²) in [5.41, 5.74) is 0.673. The molecule has 0 bridgehead atoms. The molecule has 0 aliphatic carbocycles. The number of hydrogen-bond donors (Lipinski definition) is 1. The average Bonchev–Trinajstić information content (AvgIpc) is 3.35. The smallest absolute Gasteiger partial charge is 0.433 e. The first-order valence-electron chi connectivity index (χ1n) is 8.54. The van der Waals surface area contributed by atoms with Crippen LogP contribution in [0.5, 0.6) is 0 Å². The van der Waals surface area contributed by atoms with Gasteiger partial charge in [0, 0.05) is 6.54 Å². The average molecular weight is 401 g/mol. The number of alkyl halides is 3. The van der Waals surface area contributed by atoms with Gasteiger partial charge in [0.25, 0.3) is 11.7 Å². The van der Waals surface area contributed by atoms with Crippen LogP contribution in [0.1, 0.15) is 27.4 Å². The van der Waals surface area contributed by atoms with Gasteiger partial charge in [-0.15, -0.1) is 5.10 Å². The normalized spacial score (nSPS) is 11.7. The lowest BCUT2D eigenvalue weighted by atomic mass is 10.1. The molecular formula is C19H14F3N5O2. The molecular weight excluding hydrogens is 387 g/mol. The van der Waals surface area contributed by atoms with Crippen LogP contribution in [0.4, 0.5) is 13.2 Å². The van der Waals surface area contributed by atoms with Gasteiger partial charge in [-0.05, 0) is 36.2 Å². The van der Waals surface area contributed by atoms with Gasteiger partial charge < -0.3 is 9.73 Å². The number of aromatic nitrogens is 4. The number of amides is 1. The zero-order chi connectivity index (χ0) is 20.6. The number of fused-ring (bicyclic) bond motifs is 1. The van der Waals surface area contributed by atoms with Crippen LogP contribution in [0.3, 0.4) is 0 Å². The predicted octanol–water partition coefficient (Wildman–Crippen LogP) is 3.64. The molecule has 0 spiro atoms. The number of aryl methyl sites for hydroxylation is 1. The van der Waals surface area contributed by atoms with Crippen molar-refractivity contribution in [3.8, 4) is 11.5 Å². The molecule has 4 rings (SSSR count). The second kappa shape index (κ2) is 7.04. The van der Waals surface area contributed by atoms with E-state index in [4.69, 9.17) is 4.42 Å². The quantitative estimate of drug-likeness (QED) is 0.564. The Morgan fingerprint density at radius 1 is 1.17 bits per heavy atom. The molecule has 1 aromatic carbocycles. The van der Waals surface area contributed by atoms with Crippen molar-refractivity contribution in [1.82, 2.24) is 24.9 Å².